The summed E-state index contributed by atoms with van der Waals surface area (Å²) in [5, 5.41) is 0. The second-order valence-electron chi connectivity index (χ2n) is 3.71. The molecule has 18 heavy (non-hydrogen) atoms. The molecule has 90 valence electrons. The van der Waals surface area contributed by atoms with E-state index in [1.807, 2.05) is 30.3 Å². The summed E-state index contributed by atoms with van der Waals surface area (Å²) in [5.74, 6) is -2.69. The summed E-state index contributed by atoms with van der Waals surface area (Å²) in [5.41, 5.74) is 0.560. The molecule has 0 radical (unpaired) electrons. The topological polar surface area (TPSA) is 17.1 Å². The summed E-state index contributed by atoms with van der Waals surface area (Å²) in [6.07, 6.45) is 2.79. The Labute approximate surface area is 103 Å². The number of ketones is 1. The molecule has 0 N–H and O–H groups in total. The van der Waals surface area contributed by atoms with Crippen molar-refractivity contribution < 1.29 is 13.6 Å². The lowest BCUT2D eigenvalue weighted by Gasteiger charge is -1.99. The zero-order valence-electron chi connectivity index (χ0n) is 9.44. The third-order valence-corrected chi connectivity index (χ3v) is 2.44. The van der Waals surface area contributed by atoms with Gasteiger partial charge in [0.05, 0.1) is 5.56 Å². The van der Waals surface area contributed by atoms with Crippen molar-refractivity contribution in [3.05, 3.63) is 77.4 Å². The van der Waals surface area contributed by atoms with E-state index in [1.165, 1.54) is 18.2 Å². The highest BCUT2D eigenvalue weighted by Crippen LogP contribution is 2.13. The van der Waals surface area contributed by atoms with Crippen molar-refractivity contribution in [1.29, 1.82) is 0 Å². The molecule has 2 aromatic rings. The van der Waals surface area contributed by atoms with Crippen LogP contribution >= 0.6 is 0 Å². The lowest BCUT2D eigenvalue weighted by atomic mass is 10.1. The van der Waals surface area contributed by atoms with E-state index in [9.17, 15) is 13.6 Å². The Hall–Kier alpha value is -2.29. The zero-order valence-corrected chi connectivity index (χ0v) is 9.44. The summed E-state index contributed by atoms with van der Waals surface area (Å²) in [6, 6.07) is 12.7. The smallest absolute Gasteiger partial charge is 0.188 e. The summed E-state index contributed by atoms with van der Waals surface area (Å²) in [4.78, 5) is 11.7. The maximum absolute atomic E-state index is 13.3. The average Bonchev–Trinajstić information content (AvgIpc) is 2.40. The van der Waals surface area contributed by atoms with Crippen LogP contribution in [0.15, 0.2) is 54.6 Å². The van der Waals surface area contributed by atoms with Gasteiger partial charge >= 0.3 is 0 Å². The van der Waals surface area contributed by atoms with Gasteiger partial charge in [0.25, 0.3) is 0 Å². The Morgan fingerprint density at radius 3 is 2.39 bits per heavy atom. The van der Waals surface area contributed by atoms with E-state index in [0.717, 1.165) is 11.6 Å². The van der Waals surface area contributed by atoms with Gasteiger partial charge in [0.15, 0.2) is 17.4 Å². The molecule has 0 aromatic heterocycles. The molecule has 0 spiro atoms. The quantitative estimate of drug-likeness (QED) is 0.592. The summed E-state index contributed by atoms with van der Waals surface area (Å²) < 4.78 is 26.3. The first-order valence-corrected chi connectivity index (χ1v) is 5.40. The fourth-order valence-corrected chi connectivity index (χ4v) is 1.52. The zero-order chi connectivity index (χ0) is 13.0. The van der Waals surface area contributed by atoms with E-state index < -0.39 is 17.4 Å². The minimum Gasteiger partial charge on any atom is -0.289 e. The molecule has 0 bridgehead atoms. The van der Waals surface area contributed by atoms with Crippen molar-refractivity contribution in [3.63, 3.8) is 0 Å². The van der Waals surface area contributed by atoms with E-state index in [1.54, 1.807) is 6.08 Å². The molecule has 0 unspecified atom stereocenters. The van der Waals surface area contributed by atoms with Crippen molar-refractivity contribution in [2.45, 2.75) is 0 Å². The molecule has 2 rings (SSSR count). The number of rotatable bonds is 3. The second kappa shape index (κ2) is 5.36. The van der Waals surface area contributed by atoms with Crippen molar-refractivity contribution in [2.75, 3.05) is 0 Å². The fourth-order valence-electron chi connectivity index (χ4n) is 1.52. The van der Waals surface area contributed by atoms with Gasteiger partial charge in [0.2, 0.25) is 0 Å². The Morgan fingerprint density at radius 2 is 1.67 bits per heavy atom. The van der Waals surface area contributed by atoms with Gasteiger partial charge in [-0.3, -0.25) is 4.79 Å². The number of allylic oxidation sites excluding steroid dienone is 1. The van der Waals surface area contributed by atoms with Crippen LogP contribution in [0.5, 0.6) is 0 Å². The molecular weight excluding hydrogens is 234 g/mol. The highest BCUT2D eigenvalue weighted by atomic mass is 19.2. The van der Waals surface area contributed by atoms with Crippen LogP contribution in [0.4, 0.5) is 8.78 Å². The van der Waals surface area contributed by atoms with Gasteiger partial charge in [-0.25, -0.2) is 8.78 Å². The van der Waals surface area contributed by atoms with Crippen LogP contribution in [-0.4, -0.2) is 5.78 Å². The Balaban J connectivity index is 2.23. The molecule has 1 nitrogen and oxygen atoms in total. The molecule has 0 fully saturated rings. The van der Waals surface area contributed by atoms with Crippen molar-refractivity contribution in [2.24, 2.45) is 0 Å². The first kappa shape index (κ1) is 12.2. The lowest BCUT2D eigenvalue weighted by Crippen LogP contribution is -2.00. The molecule has 0 saturated heterocycles. The van der Waals surface area contributed by atoms with Gasteiger partial charge in [-0.05, 0) is 23.8 Å². The van der Waals surface area contributed by atoms with Crippen LogP contribution in [-0.2, 0) is 0 Å². The predicted octanol–water partition coefficient (Wildman–Crippen LogP) is 3.86. The monoisotopic (exact) mass is 244 g/mol. The van der Waals surface area contributed by atoms with Gasteiger partial charge in [0.1, 0.15) is 0 Å². The van der Waals surface area contributed by atoms with Crippen LogP contribution in [0.2, 0.25) is 0 Å². The number of carbonyl (C=O) groups is 1. The number of hydrogen-bond donors (Lipinski definition) is 0. The summed E-state index contributed by atoms with van der Waals surface area (Å²) >= 11 is 0. The normalized spacial score (nSPS) is 10.8. The van der Waals surface area contributed by atoms with Gasteiger partial charge in [-0.15, -0.1) is 0 Å². The molecular formula is C15H10F2O. The Bertz CT molecular complexity index is 589. The first-order chi connectivity index (χ1) is 8.68. The minimum absolute atomic E-state index is 0.262. The molecule has 0 saturated carbocycles. The SMILES string of the molecule is O=C(/C=C/c1ccccc1)c1cccc(F)c1F. The Kier molecular flexibility index (Phi) is 3.63. The number of hydrogen-bond acceptors (Lipinski definition) is 1. The highest BCUT2D eigenvalue weighted by molar-refractivity contribution is 6.06. The van der Waals surface area contributed by atoms with Gasteiger partial charge < -0.3 is 0 Å². The number of benzene rings is 2. The molecule has 2 aromatic carbocycles. The molecule has 0 amide bonds. The molecule has 0 aliphatic carbocycles. The molecule has 0 aliphatic rings. The van der Waals surface area contributed by atoms with Crippen LogP contribution in [0.25, 0.3) is 6.08 Å². The molecule has 0 aliphatic heterocycles. The van der Waals surface area contributed by atoms with Crippen LogP contribution < -0.4 is 0 Å². The Morgan fingerprint density at radius 1 is 0.944 bits per heavy atom. The summed E-state index contributed by atoms with van der Waals surface area (Å²) in [6.45, 7) is 0. The van der Waals surface area contributed by atoms with Crippen molar-refractivity contribution >= 4 is 11.9 Å². The lowest BCUT2D eigenvalue weighted by molar-refractivity contribution is 0.104. The number of halogens is 2. The molecule has 0 heterocycles. The van der Waals surface area contributed by atoms with E-state index >= 15 is 0 Å². The van der Waals surface area contributed by atoms with E-state index in [2.05, 4.69) is 0 Å². The van der Waals surface area contributed by atoms with Crippen LogP contribution in [0, 0.1) is 11.6 Å². The predicted molar refractivity (Wildman–Crippen MR) is 66.2 cm³/mol. The van der Waals surface area contributed by atoms with E-state index in [4.69, 9.17) is 0 Å². The average molecular weight is 244 g/mol. The largest absolute Gasteiger partial charge is 0.289 e. The maximum atomic E-state index is 13.3. The molecule has 0 atom stereocenters. The number of carbonyl (C=O) groups excluding carboxylic acids is 1. The third-order valence-electron chi connectivity index (χ3n) is 2.44. The van der Waals surface area contributed by atoms with Crippen LogP contribution in [0.1, 0.15) is 15.9 Å². The van der Waals surface area contributed by atoms with Crippen LogP contribution in [0.3, 0.4) is 0 Å². The van der Waals surface area contributed by atoms with Gasteiger partial charge in [-0.1, -0.05) is 42.5 Å². The third kappa shape index (κ3) is 2.69. The van der Waals surface area contributed by atoms with Crippen molar-refractivity contribution in [3.8, 4) is 0 Å². The molecule has 3 heteroatoms. The minimum atomic E-state index is -1.11. The van der Waals surface area contributed by atoms with E-state index in [-0.39, 0.29) is 5.56 Å². The summed E-state index contributed by atoms with van der Waals surface area (Å²) in [7, 11) is 0. The van der Waals surface area contributed by atoms with E-state index in [0.29, 0.717) is 0 Å². The standard InChI is InChI=1S/C15H10F2O/c16-13-8-4-7-12(15(13)17)14(18)10-9-11-5-2-1-3-6-11/h1-10H/b10-9+. The highest BCUT2D eigenvalue weighted by Gasteiger charge is 2.12. The van der Waals surface area contributed by atoms with Gasteiger partial charge in [0, 0.05) is 0 Å². The van der Waals surface area contributed by atoms with Gasteiger partial charge in [-0.2, -0.15) is 0 Å². The second-order valence-corrected chi connectivity index (χ2v) is 3.71. The fraction of sp³-hybridized carbons (Fsp3) is 0. The first-order valence-electron chi connectivity index (χ1n) is 5.40. The maximum Gasteiger partial charge on any atom is 0.188 e. The van der Waals surface area contributed by atoms with Crippen molar-refractivity contribution in [1.82, 2.24) is 0 Å².